The van der Waals surface area contributed by atoms with E-state index < -0.39 is 6.10 Å². The molecule has 0 amide bonds. The van der Waals surface area contributed by atoms with E-state index in [1.165, 1.54) is 12.1 Å². The number of ether oxygens (including phenoxy) is 2. The van der Waals surface area contributed by atoms with Crippen molar-refractivity contribution in [1.82, 2.24) is 0 Å². The van der Waals surface area contributed by atoms with Gasteiger partial charge in [-0.1, -0.05) is 0 Å². The van der Waals surface area contributed by atoms with E-state index in [1.54, 1.807) is 20.1 Å². The van der Waals surface area contributed by atoms with E-state index in [9.17, 15) is 9.50 Å². The van der Waals surface area contributed by atoms with Crippen LogP contribution in [0.5, 0.6) is 5.75 Å². The first-order valence-electron chi connectivity index (χ1n) is 5.67. The van der Waals surface area contributed by atoms with Gasteiger partial charge < -0.3 is 14.6 Å². The highest BCUT2D eigenvalue weighted by Gasteiger charge is 2.13. The van der Waals surface area contributed by atoms with Gasteiger partial charge in [-0.15, -0.1) is 0 Å². The van der Waals surface area contributed by atoms with Crippen LogP contribution in [-0.4, -0.2) is 24.9 Å². The lowest BCUT2D eigenvalue weighted by atomic mass is 10.1. The number of aliphatic hydroxyl groups is 1. The molecule has 0 fully saturated rings. The van der Waals surface area contributed by atoms with Crippen molar-refractivity contribution in [3.05, 3.63) is 29.6 Å². The Balaban J connectivity index is 2.77. The fraction of sp³-hybridized carbons (Fsp3) is 0.538. The first-order chi connectivity index (χ1) is 8.04. The van der Waals surface area contributed by atoms with Gasteiger partial charge >= 0.3 is 0 Å². The second kappa shape index (κ2) is 6.57. The van der Waals surface area contributed by atoms with Crippen LogP contribution in [0.25, 0.3) is 0 Å². The molecule has 0 aliphatic rings. The fourth-order valence-electron chi connectivity index (χ4n) is 1.51. The third-order valence-electron chi connectivity index (χ3n) is 2.48. The fourth-order valence-corrected chi connectivity index (χ4v) is 1.51. The minimum atomic E-state index is -0.680. The molecule has 0 saturated heterocycles. The summed E-state index contributed by atoms with van der Waals surface area (Å²) in [6.45, 7) is 4.09. The van der Waals surface area contributed by atoms with Crippen LogP contribution in [0.2, 0.25) is 0 Å². The Hall–Kier alpha value is -1.13. The summed E-state index contributed by atoms with van der Waals surface area (Å²) in [6, 6.07) is 4.15. The first-order valence-corrected chi connectivity index (χ1v) is 5.67. The van der Waals surface area contributed by atoms with Crippen molar-refractivity contribution in [2.24, 2.45) is 0 Å². The molecule has 96 valence electrons. The Bertz CT molecular complexity index is 353. The molecule has 0 bridgehead atoms. The van der Waals surface area contributed by atoms with E-state index >= 15 is 0 Å². The minimum Gasteiger partial charge on any atom is -0.490 e. The molecule has 0 aromatic heterocycles. The second-order valence-corrected chi connectivity index (χ2v) is 4.07. The van der Waals surface area contributed by atoms with Crippen LogP contribution in [0.15, 0.2) is 18.2 Å². The molecule has 2 atom stereocenters. The second-order valence-electron chi connectivity index (χ2n) is 4.07. The highest BCUT2D eigenvalue weighted by molar-refractivity contribution is 5.35. The van der Waals surface area contributed by atoms with E-state index in [0.29, 0.717) is 24.3 Å². The molecule has 0 radical (unpaired) electrons. The molecular weight excluding hydrogens is 223 g/mol. The molecule has 0 aliphatic heterocycles. The molecule has 2 unspecified atom stereocenters. The van der Waals surface area contributed by atoms with Gasteiger partial charge in [0.05, 0.1) is 12.2 Å². The van der Waals surface area contributed by atoms with Crippen molar-refractivity contribution >= 4 is 0 Å². The van der Waals surface area contributed by atoms with Gasteiger partial charge in [-0.25, -0.2) is 4.39 Å². The monoisotopic (exact) mass is 242 g/mol. The SMILES string of the molecule is COCCC(C)Oc1cc(F)ccc1C(C)O. The van der Waals surface area contributed by atoms with Gasteiger partial charge in [0.15, 0.2) is 0 Å². The standard InChI is InChI=1S/C13H19FO3/c1-9(6-7-16-3)17-13-8-11(14)4-5-12(13)10(2)15/h4-5,8-10,15H,6-7H2,1-3H3. The molecule has 17 heavy (non-hydrogen) atoms. The van der Waals surface area contributed by atoms with Crippen molar-refractivity contribution in [1.29, 1.82) is 0 Å². The van der Waals surface area contributed by atoms with Gasteiger partial charge in [0.2, 0.25) is 0 Å². The van der Waals surface area contributed by atoms with Crippen LogP contribution in [0, 0.1) is 5.82 Å². The molecule has 3 nitrogen and oxygen atoms in total. The van der Waals surface area contributed by atoms with Crippen molar-refractivity contribution in [3.63, 3.8) is 0 Å². The number of rotatable bonds is 6. The normalized spacial score (nSPS) is 14.4. The molecule has 1 N–H and O–H groups in total. The molecule has 0 aliphatic carbocycles. The van der Waals surface area contributed by atoms with Gasteiger partial charge in [0.25, 0.3) is 0 Å². The van der Waals surface area contributed by atoms with Crippen molar-refractivity contribution in [2.45, 2.75) is 32.5 Å². The Labute approximate surface area is 101 Å². The zero-order chi connectivity index (χ0) is 12.8. The molecule has 1 aromatic carbocycles. The van der Waals surface area contributed by atoms with Gasteiger partial charge in [-0.3, -0.25) is 0 Å². The Morgan fingerprint density at radius 3 is 2.65 bits per heavy atom. The number of hydrogen-bond donors (Lipinski definition) is 1. The lowest BCUT2D eigenvalue weighted by Gasteiger charge is -2.18. The zero-order valence-corrected chi connectivity index (χ0v) is 10.4. The van der Waals surface area contributed by atoms with Gasteiger partial charge in [-0.05, 0) is 26.0 Å². The van der Waals surface area contributed by atoms with E-state index in [-0.39, 0.29) is 11.9 Å². The van der Waals surface area contributed by atoms with Crippen LogP contribution in [0.4, 0.5) is 4.39 Å². The summed E-state index contributed by atoms with van der Waals surface area (Å²) in [4.78, 5) is 0. The summed E-state index contributed by atoms with van der Waals surface area (Å²) in [5.74, 6) is 0.0203. The lowest BCUT2D eigenvalue weighted by molar-refractivity contribution is 0.129. The summed E-state index contributed by atoms with van der Waals surface area (Å²) in [5.41, 5.74) is 0.593. The Kier molecular flexibility index (Phi) is 5.38. The minimum absolute atomic E-state index is 0.0887. The molecule has 0 heterocycles. The summed E-state index contributed by atoms with van der Waals surface area (Å²) in [5, 5.41) is 9.56. The van der Waals surface area contributed by atoms with E-state index in [0.717, 1.165) is 0 Å². The molecule has 0 spiro atoms. The van der Waals surface area contributed by atoms with Crippen molar-refractivity contribution in [3.8, 4) is 5.75 Å². The van der Waals surface area contributed by atoms with Crippen molar-refractivity contribution < 1.29 is 19.0 Å². The predicted molar refractivity (Wildman–Crippen MR) is 63.6 cm³/mol. The smallest absolute Gasteiger partial charge is 0.128 e. The van der Waals surface area contributed by atoms with Crippen LogP contribution >= 0.6 is 0 Å². The topological polar surface area (TPSA) is 38.7 Å². The number of aliphatic hydroxyl groups excluding tert-OH is 1. The number of methoxy groups -OCH3 is 1. The quantitative estimate of drug-likeness (QED) is 0.833. The van der Waals surface area contributed by atoms with Crippen LogP contribution < -0.4 is 4.74 Å². The summed E-state index contributed by atoms with van der Waals surface area (Å²) in [6.07, 6.45) is -0.0545. The molecule has 4 heteroatoms. The summed E-state index contributed by atoms with van der Waals surface area (Å²) in [7, 11) is 1.62. The molecule has 1 aromatic rings. The maximum Gasteiger partial charge on any atom is 0.128 e. The highest BCUT2D eigenvalue weighted by atomic mass is 19.1. The van der Waals surface area contributed by atoms with E-state index in [4.69, 9.17) is 9.47 Å². The average Bonchev–Trinajstić information content (AvgIpc) is 2.26. The largest absolute Gasteiger partial charge is 0.490 e. The molecule has 1 rings (SSSR count). The van der Waals surface area contributed by atoms with Gasteiger partial charge in [0, 0.05) is 31.8 Å². The highest BCUT2D eigenvalue weighted by Crippen LogP contribution is 2.27. The zero-order valence-electron chi connectivity index (χ0n) is 10.4. The summed E-state index contributed by atoms with van der Waals surface area (Å²) < 4.78 is 23.7. The van der Waals surface area contributed by atoms with E-state index in [1.807, 2.05) is 6.92 Å². The maximum absolute atomic E-state index is 13.1. The molecule has 0 saturated carbocycles. The van der Waals surface area contributed by atoms with Crippen molar-refractivity contribution in [2.75, 3.05) is 13.7 Å². The number of halogens is 1. The van der Waals surface area contributed by atoms with Crippen LogP contribution in [-0.2, 0) is 4.74 Å². The molecular formula is C13H19FO3. The maximum atomic E-state index is 13.1. The number of benzene rings is 1. The third kappa shape index (κ3) is 4.32. The summed E-state index contributed by atoms with van der Waals surface area (Å²) >= 11 is 0. The average molecular weight is 242 g/mol. The van der Waals surface area contributed by atoms with Crippen LogP contribution in [0.1, 0.15) is 31.9 Å². The van der Waals surface area contributed by atoms with E-state index in [2.05, 4.69) is 0 Å². The van der Waals surface area contributed by atoms with Crippen LogP contribution in [0.3, 0.4) is 0 Å². The van der Waals surface area contributed by atoms with Gasteiger partial charge in [-0.2, -0.15) is 0 Å². The lowest BCUT2D eigenvalue weighted by Crippen LogP contribution is -2.15. The number of hydrogen-bond acceptors (Lipinski definition) is 3. The third-order valence-corrected chi connectivity index (χ3v) is 2.48. The Morgan fingerprint density at radius 1 is 1.35 bits per heavy atom. The van der Waals surface area contributed by atoms with Gasteiger partial charge in [0.1, 0.15) is 11.6 Å². The Morgan fingerprint density at radius 2 is 2.06 bits per heavy atom. The first kappa shape index (κ1) is 13.9. The predicted octanol–water partition coefficient (Wildman–Crippen LogP) is 2.68.